The lowest BCUT2D eigenvalue weighted by molar-refractivity contribution is -0.277. The van der Waals surface area contributed by atoms with Gasteiger partial charge < -0.3 is 53.5 Å². The maximum atomic E-state index is 14.1. The summed E-state index contributed by atoms with van der Waals surface area (Å²) in [5.41, 5.74) is 8.01. The van der Waals surface area contributed by atoms with Crippen LogP contribution in [0.1, 0.15) is 96.8 Å². The zero-order valence-electron chi connectivity index (χ0n) is 31.9. The summed E-state index contributed by atoms with van der Waals surface area (Å²) in [6.07, 6.45) is 5.80. The van der Waals surface area contributed by atoms with Gasteiger partial charge >= 0.3 is 0 Å². The van der Waals surface area contributed by atoms with Crippen LogP contribution in [0.4, 0.5) is 0 Å². The van der Waals surface area contributed by atoms with E-state index in [2.05, 4.69) is 20.1 Å². The monoisotopic (exact) mass is 745 g/mol. The van der Waals surface area contributed by atoms with Gasteiger partial charge in [-0.1, -0.05) is 20.1 Å². The number of carbonyl (C=O) groups is 1. The normalized spacial score (nSPS) is 49.6. The summed E-state index contributed by atoms with van der Waals surface area (Å²) in [7, 11) is 3.40. The quantitative estimate of drug-likeness (QED) is 0.391. The SMILES string of the molecule is C=C1C[C@@H]2CCC34C[C@@H](OC)[C@H](O3)[C@H]3C[C@@H](O4)[C@H]4O[C@H](CC[C@@H]4O3)CC(=O)C[C@@H]3[C@@H](OC)[C@@H](C[C@H](O)CN)O[C@H]3C[C@H]3O[C@@H](CC[C@@H]1O2)C[C@@H](C)C3=C. The van der Waals surface area contributed by atoms with Gasteiger partial charge in [0.2, 0.25) is 0 Å². The third-order valence-corrected chi connectivity index (χ3v) is 13.9. The van der Waals surface area contributed by atoms with Crippen molar-refractivity contribution in [2.45, 2.75) is 194 Å². The van der Waals surface area contributed by atoms with Crippen molar-refractivity contribution in [3.63, 3.8) is 0 Å². The van der Waals surface area contributed by atoms with Crippen molar-refractivity contribution in [2.24, 2.45) is 17.6 Å². The van der Waals surface area contributed by atoms with Crippen LogP contribution in [-0.4, -0.2) is 129 Å². The van der Waals surface area contributed by atoms with E-state index in [1.165, 1.54) is 0 Å². The maximum Gasteiger partial charge on any atom is 0.172 e. The van der Waals surface area contributed by atoms with Crippen molar-refractivity contribution >= 4 is 5.78 Å². The summed E-state index contributed by atoms with van der Waals surface area (Å²) in [5, 5.41) is 10.5. The second-order valence-electron chi connectivity index (χ2n) is 17.4. The molecule has 8 saturated heterocycles. The molecule has 8 fully saturated rings. The smallest absolute Gasteiger partial charge is 0.172 e. The Morgan fingerprint density at radius 3 is 2.40 bits per heavy atom. The first-order valence-electron chi connectivity index (χ1n) is 20.5. The number of ketones is 1. The van der Waals surface area contributed by atoms with Crippen LogP contribution >= 0.6 is 0 Å². The summed E-state index contributed by atoms with van der Waals surface area (Å²) in [6.45, 7) is 11.3. The number of hydrogen-bond acceptors (Lipinski definition) is 12. The lowest BCUT2D eigenvalue weighted by Crippen LogP contribution is -2.58. The number of nitrogens with two attached hydrogens (primary N) is 1. The summed E-state index contributed by atoms with van der Waals surface area (Å²) in [4.78, 5) is 14.1. The number of methoxy groups -OCH3 is 2. The van der Waals surface area contributed by atoms with Gasteiger partial charge in [-0.15, -0.1) is 0 Å². The Morgan fingerprint density at radius 1 is 0.811 bits per heavy atom. The highest BCUT2D eigenvalue weighted by atomic mass is 16.7. The molecule has 10 bridgehead atoms. The van der Waals surface area contributed by atoms with E-state index in [4.69, 9.17) is 48.4 Å². The molecular formula is C41H63NO11. The van der Waals surface area contributed by atoms with E-state index in [9.17, 15) is 9.90 Å². The lowest BCUT2D eigenvalue weighted by Gasteiger charge is -2.47. The van der Waals surface area contributed by atoms with E-state index in [1.54, 1.807) is 14.2 Å². The molecule has 1 unspecified atom stereocenters. The van der Waals surface area contributed by atoms with E-state index < -0.39 is 18.0 Å². The fourth-order valence-electron chi connectivity index (χ4n) is 11.0. The molecule has 0 aromatic heterocycles. The minimum absolute atomic E-state index is 0.0245. The minimum atomic E-state index is -0.820. The van der Waals surface area contributed by atoms with Gasteiger partial charge in [-0.25, -0.2) is 0 Å². The molecule has 53 heavy (non-hydrogen) atoms. The van der Waals surface area contributed by atoms with Gasteiger partial charge in [0.25, 0.3) is 0 Å². The maximum absolute atomic E-state index is 14.1. The molecule has 0 aliphatic carbocycles. The van der Waals surface area contributed by atoms with Crippen molar-refractivity contribution < 1.29 is 52.5 Å². The second-order valence-corrected chi connectivity index (χ2v) is 17.4. The number of hydrogen-bond donors (Lipinski definition) is 2. The van der Waals surface area contributed by atoms with Crippen molar-refractivity contribution in [1.29, 1.82) is 0 Å². The molecule has 0 amide bonds. The van der Waals surface area contributed by atoms with Crippen LogP contribution in [0.3, 0.4) is 0 Å². The first kappa shape index (κ1) is 38.6. The number of ether oxygens (including phenoxy) is 9. The van der Waals surface area contributed by atoms with E-state index in [1.807, 2.05) is 0 Å². The van der Waals surface area contributed by atoms with E-state index in [0.29, 0.717) is 38.5 Å². The minimum Gasteiger partial charge on any atom is -0.392 e. The van der Waals surface area contributed by atoms with Crippen molar-refractivity contribution in [1.82, 2.24) is 0 Å². The number of aliphatic hydroxyl groups excluding tert-OH is 1. The average Bonchev–Trinajstić information content (AvgIpc) is 3.77. The molecule has 0 radical (unpaired) electrons. The summed E-state index contributed by atoms with van der Waals surface area (Å²) in [6, 6.07) is 0. The molecule has 0 aromatic rings. The van der Waals surface area contributed by atoms with Gasteiger partial charge in [0.1, 0.15) is 18.0 Å². The number of fused-ring (bicyclic) bond motifs is 9. The van der Waals surface area contributed by atoms with Crippen LogP contribution in [0.2, 0.25) is 0 Å². The molecule has 1 spiro atoms. The molecule has 8 aliphatic heterocycles. The van der Waals surface area contributed by atoms with Crippen molar-refractivity contribution in [3.05, 3.63) is 24.3 Å². The Morgan fingerprint density at radius 2 is 1.60 bits per heavy atom. The van der Waals surface area contributed by atoms with Gasteiger partial charge in [-0.05, 0) is 62.0 Å². The Balaban J connectivity index is 1.06. The van der Waals surface area contributed by atoms with Crippen LogP contribution in [-0.2, 0) is 47.4 Å². The molecule has 8 aliphatic rings. The average molecular weight is 746 g/mol. The standard InChI is InChI=1S/C41H63NO11/c1-21-12-26-6-8-30-22(2)13-28(47-30)10-11-41-19-37(45-4)40(53-41)35-18-36(52-41)39-31(50-35)9-7-27(49-39)14-24(43)15-29-33(17-32(48-26)23(21)3)51-34(38(29)46-5)16-25(44)20-42/h21,25-40,44H,2-3,6-20,42H2,1,4-5H3/t21-,25+,26+,27-,28+,29+,30+,31+,32-,33+,34-,35-,36-,37-,38-,39+,40-,41?/m1/s1. The number of rotatable bonds is 5. The first-order valence-corrected chi connectivity index (χ1v) is 20.5. The van der Waals surface area contributed by atoms with E-state index >= 15 is 0 Å². The van der Waals surface area contributed by atoms with E-state index in [-0.39, 0.29) is 110 Å². The topological polar surface area (TPSA) is 146 Å². The molecular weight excluding hydrogens is 682 g/mol. The first-order chi connectivity index (χ1) is 25.5. The molecule has 298 valence electrons. The third-order valence-electron chi connectivity index (χ3n) is 13.9. The Hall–Kier alpha value is -1.29. The van der Waals surface area contributed by atoms with Crippen LogP contribution in [0.25, 0.3) is 0 Å². The highest BCUT2D eigenvalue weighted by molar-refractivity contribution is 5.79. The van der Waals surface area contributed by atoms with E-state index in [0.717, 1.165) is 56.1 Å². The molecule has 8 rings (SSSR count). The largest absolute Gasteiger partial charge is 0.392 e. The fourth-order valence-corrected chi connectivity index (χ4v) is 11.0. The Bertz CT molecular complexity index is 1350. The predicted molar refractivity (Wildman–Crippen MR) is 193 cm³/mol. The number of carbonyl (C=O) groups excluding carboxylic acids is 1. The summed E-state index contributed by atoms with van der Waals surface area (Å²) < 4.78 is 59.5. The molecule has 3 N–H and O–H groups in total. The van der Waals surface area contributed by atoms with Crippen LogP contribution < -0.4 is 5.73 Å². The van der Waals surface area contributed by atoms with Gasteiger partial charge in [0.15, 0.2) is 5.79 Å². The third kappa shape index (κ3) is 7.86. The van der Waals surface area contributed by atoms with Crippen LogP contribution in [0.5, 0.6) is 0 Å². The molecule has 0 aromatic carbocycles. The highest BCUT2D eigenvalue weighted by Crippen LogP contribution is 2.50. The number of Topliss-reactive ketones (excluding diaryl/α,β-unsaturated/α-hetero) is 1. The molecule has 8 heterocycles. The van der Waals surface area contributed by atoms with Crippen molar-refractivity contribution in [3.8, 4) is 0 Å². The predicted octanol–water partition coefficient (Wildman–Crippen LogP) is 4.08. The molecule has 18 atom stereocenters. The Kier molecular flexibility index (Phi) is 11.6. The summed E-state index contributed by atoms with van der Waals surface area (Å²) in [5.74, 6) is -0.653. The molecule has 0 saturated carbocycles. The van der Waals surface area contributed by atoms with Crippen molar-refractivity contribution in [2.75, 3.05) is 20.8 Å². The summed E-state index contributed by atoms with van der Waals surface area (Å²) >= 11 is 0. The Labute approximate surface area is 314 Å². The fraction of sp³-hybridized carbons (Fsp3) is 0.878. The van der Waals surface area contributed by atoms with Gasteiger partial charge in [-0.3, -0.25) is 4.79 Å². The van der Waals surface area contributed by atoms with Crippen LogP contribution in [0, 0.1) is 11.8 Å². The zero-order valence-corrected chi connectivity index (χ0v) is 31.9. The lowest BCUT2D eigenvalue weighted by atomic mass is 9.81. The second kappa shape index (κ2) is 15.9. The highest BCUT2D eigenvalue weighted by Gasteiger charge is 2.60. The van der Waals surface area contributed by atoms with Gasteiger partial charge in [-0.2, -0.15) is 0 Å². The zero-order chi connectivity index (χ0) is 37.0. The molecule has 12 nitrogen and oxygen atoms in total. The van der Waals surface area contributed by atoms with Gasteiger partial charge in [0, 0.05) is 71.6 Å². The molecule has 12 heteroatoms. The van der Waals surface area contributed by atoms with Gasteiger partial charge in [0.05, 0.1) is 79.4 Å². The van der Waals surface area contributed by atoms with Crippen LogP contribution in [0.15, 0.2) is 24.3 Å². The number of aliphatic hydroxyl groups is 1.